The van der Waals surface area contributed by atoms with Gasteiger partial charge in [-0.1, -0.05) is 46.3 Å². The maximum Gasteiger partial charge on any atom is 0.206 e. The Labute approximate surface area is 124 Å². The molecule has 0 fully saturated rings. The van der Waals surface area contributed by atoms with E-state index in [2.05, 4.69) is 38.4 Å². The number of benzene rings is 1. The maximum absolute atomic E-state index is 11.9. The third-order valence-corrected chi connectivity index (χ3v) is 3.97. The van der Waals surface area contributed by atoms with E-state index in [1.54, 1.807) is 12.1 Å². The first-order valence-electron chi connectivity index (χ1n) is 6.04. The molecule has 0 radical (unpaired) electrons. The lowest BCUT2D eigenvalue weighted by atomic mass is 10.1. The van der Waals surface area contributed by atoms with Gasteiger partial charge in [0.2, 0.25) is 5.13 Å². The fraction of sp³-hybridized carbons (Fsp3) is 0.308. The van der Waals surface area contributed by atoms with Gasteiger partial charge in [0.15, 0.2) is 5.78 Å². The van der Waals surface area contributed by atoms with Crippen LogP contribution in [-0.2, 0) is 6.42 Å². The first-order chi connectivity index (χ1) is 9.19. The molecule has 0 aliphatic carbocycles. The van der Waals surface area contributed by atoms with Gasteiger partial charge >= 0.3 is 0 Å². The van der Waals surface area contributed by atoms with E-state index >= 15 is 0 Å². The van der Waals surface area contributed by atoms with Gasteiger partial charge in [-0.3, -0.25) is 4.79 Å². The first kappa shape index (κ1) is 14.1. The number of hydrogen-bond donors (Lipinski definition) is 1. The number of aromatic nitrogens is 2. The van der Waals surface area contributed by atoms with Crippen LogP contribution < -0.4 is 5.32 Å². The van der Waals surface area contributed by atoms with Crippen molar-refractivity contribution < 1.29 is 4.79 Å². The summed E-state index contributed by atoms with van der Waals surface area (Å²) < 4.78 is 0.963. The van der Waals surface area contributed by atoms with Gasteiger partial charge in [-0.05, 0) is 18.6 Å². The number of hydrogen-bond acceptors (Lipinski definition) is 5. The molecule has 0 saturated heterocycles. The fourth-order valence-corrected chi connectivity index (χ4v) is 2.64. The van der Waals surface area contributed by atoms with Gasteiger partial charge in [-0.2, -0.15) is 0 Å². The van der Waals surface area contributed by atoms with Crippen molar-refractivity contribution in [2.45, 2.75) is 19.8 Å². The molecule has 0 saturated carbocycles. The number of halogens is 1. The third-order valence-electron chi connectivity index (χ3n) is 2.50. The lowest BCUT2D eigenvalue weighted by Crippen LogP contribution is -2.13. The third kappa shape index (κ3) is 4.11. The van der Waals surface area contributed by atoms with Gasteiger partial charge in [0.05, 0.1) is 6.54 Å². The Morgan fingerprint density at radius 2 is 2.05 bits per heavy atom. The zero-order chi connectivity index (χ0) is 13.7. The van der Waals surface area contributed by atoms with Crippen LogP contribution in [0, 0.1) is 0 Å². The molecular weight excluding hydrogens is 326 g/mol. The number of aryl methyl sites for hydroxylation is 1. The Morgan fingerprint density at radius 3 is 2.74 bits per heavy atom. The molecule has 0 amide bonds. The van der Waals surface area contributed by atoms with Crippen molar-refractivity contribution in [1.82, 2.24) is 10.2 Å². The summed E-state index contributed by atoms with van der Waals surface area (Å²) in [6.07, 6.45) is 1.98. The van der Waals surface area contributed by atoms with Crippen molar-refractivity contribution in [1.29, 1.82) is 0 Å². The Balaban J connectivity index is 1.90. The summed E-state index contributed by atoms with van der Waals surface area (Å²) in [6.45, 7) is 2.34. The molecule has 0 atom stereocenters. The summed E-state index contributed by atoms with van der Waals surface area (Å²) in [5.41, 5.74) is 0.689. The van der Waals surface area contributed by atoms with Crippen molar-refractivity contribution in [2.75, 3.05) is 11.9 Å². The van der Waals surface area contributed by atoms with E-state index in [0.717, 1.165) is 22.3 Å². The average molecular weight is 340 g/mol. The highest BCUT2D eigenvalue weighted by Gasteiger charge is 2.08. The van der Waals surface area contributed by atoms with Crippen LogP contribution in [0.3, 0.4) is 0 Å². The quantitative estimate of drug-likeness (QED) is 0.817. The van der Waals surface area contributed by atoms with Gasteiger partial charge in [0.25, 0.3) is 0 Å². The Bertz CT molecular complexity index is 553. The van der Waals surface area contributed by atoms with Crippen LogP contribution in [0.4, 0.5) is 5.13 Å². The second-order valence-electron chi connectivity index (χ2n) is 4.03. The SMILES string of the molecule is CCCc1nnc(NCC(=O)c2ccc(Br)cc2)s1. The fourth-order valence-electron chi connectivity index (χ4n) is 1.53. The second kappa shape index (κ2) is 6.77. The van der Waals surface area contributed by atoms with Crippen LogP contribution >= 0.6 is 27.3 Å². The minimum Gasteiger partial charge on any atom is -0.353 e. The number of carbonyl (C=O) groups is 1. The van der Waals surface area contributed by atoms with E-state index in [-0.39, 0.29) is 12.3 Å². The Morgan fingerprint density at radius 1 is 1.32 bits per heavy atom. The highest BCUT2D eigenvalue weighted by atomic mass is 79.9. The molecule has 6 heteroatoms. The molecule has 2 aromatic rings. The van der Waals surface area contributed by atoms with E-state index < -0.39 is 0 Å². The van der Waals surface area contributed by atoms with Crippen LogP contribution in [-0.4, -0.2) is 22.5 Å². The molecule has 2 rings (SSSR count). The lowest BCUT2D eigenvalue weighted by Gasteiger charge is -2.01. The molecule has 1 heterocycles. The highest BCUT2D eigenvalue weighted by molar-refractivity contribution is 9.10. The van der Waals surface area contributed by atoms with Crippen LogP contribution in [0.25, 0.3) is 0 Å². The van der Waals surface area contributed by atoms with Crippen molar-refractivity contribution in [3.63, 3.8) is 0 Å². The minimum absolute atomic E-state index is 0.0414. The normalized spacial score (nSPS) is 10.4. The number of nitrogens with one attached hydrogen (secondary N) is 1. The van der Waals surface area contributed by atoms with Gasteiger partial charge in [-0.15, -0.1) is 10.2 Å². The molecule has 0 bridgehead atoms. The molecule has 0 aliphatic rings. The van der Waals surface area contributed by atoms with Gasteiger partial charge in [0.1, 0.15) is 5.01 Å². The monoisotopic (exact) mass is 339 g/mol. The smallest absolute Gasteiger partial charge is 0.206 e. The predicted octanol–water partition coefficient (Wildman–Crippen LogP) is 3.55. The second-order valence-corrected chi connectivity index (χ2v) is 6.01. The standard InChI is InChI=1S/C13H14BrN3OS/c1-2-3-12-16-17-13(19-12)15-8-11(18)9-4-6-10(14)7-5-9/h4-7H,2-3,8H2,1H3,(H,15,17). The van der Waals surface area contributed by atoms with E-state index in [4.69, 9.17) is 0 Å². The van der Waals surface area contributed by atoms with Crippen LogP contribution in [0.5, 0.6) is 0 Å². The molecule has 0 spiro atoms. The van der Waals surface area contributed by atoms with E-state index in [9.17, 15) is 4.79 Å². The molecule has 0 aliphatic heterocycles. The maximum atomic E-state index is 11.9. The lowest BCUT2D eigenvalue weighted by molar-refractivity contribution is 0.101. The zero-order valence-corrected chi connectivity index (χ0v) is 12.9. The zero-order valence-electron chi connectivity index (χ0n) is 10.5. The molecule has 100 valence electrons. The number of Topliss-reactive ketones (excluding diaryl/α,β-unsaturated/α-hetero) is 1. The van der Waals surface area contributed by atoms with Crippen LogP contribution in [0.1, 0.15) is 28.7 Å². The van der Waals surface area contributed by atoms with Crippen LogP contribution in [0.15, 0.2) is 28.7 Å². The van der Waals surface area contributed by atoms with Gasteiger partial charge in [0, 0.05) is 16.5 Å². The number of rotatable bonds is 6. The van der Waals surface area contributed by atoms with Crippen molar-refractivity contribution in [2.24, 2.45) is 0 Å². The van der Waals surface area contributed by atoms with Gasteiger partial charge < -0.3 is 5.32 Å². The average Bonchev–Trinajstić information content (AvgIpc) is 2.85. The molecule has 1 aromatic carbocycles. The first-order valence-corrected chi connectivity index (χ1v) is 7.65. The summed E-state index contributed by atoms with van der Waals surface area (Å²) in [5, 5.41) is 12.8. The molecule has 0 unspecified atom stereocenters. The summed E-state index contributed by atoms with van der Waals surface area (Å²) in [5.74, 6) is 0.0414. The number of carbonyl (C=O) groups excluding carboxylic acids is 1. The molecule has 1 N–H and O–H groups in total. The summed E-state index contributed by atoms with van der Waals surface area (Å²) in [7, 11) is 0. The molecule has 4 nitrogen and oxygen atoms in total. The van der Waals surface area contributed by atoms with Crippen molar-refractivity contribution in [3.8, 4) is 0 Å². The minimum atomic E-state index is 0.0414. The van der Waals surface area contributed by atoms with Crippen molar-refractivity contribution in [3.05, 3.63) is 39.3 Å². The predicted molar refractivity (Wildman–Crippen MR) is 80.9 cm³/mol. The van der Waals surface area contributed by atoms with Gasteiger partial charge in [-0.25, -0.2) is 0 Å². The topological polar surface area (TPSA) is 54.9 Å². The summed E-state index contributed by atoms with van der Waals surface area (Å²) in [6, 6.07) is 7.32. The summed E-state index contributed by atoms with van der Waals surface area (Å²) in [4.78, 5) is 11.9. The summed E-state index contributed by atoms with van der Waals surface area (Å²) >= 11 is 4.85. The van der Waals surface area contributed by atoms with Crippen molar-refractivity contribution >= 4 is 38.2 Å². The molecule has 1 aromatic heterocycles. The van der Waals surface area contributed by atoms with E-state index in [1.165, 1.54) is 11.3 Å². The number of nitrogens with zero attached hydrogens (tertiary/aromatic N) is 2. The number of ketones is 1. The Hall–Kier alpha value is -1.27. The largest absolute Gasteiger partial charge is 0.353 e. The number of anilines is 1. The molecule has 19 heavy (non-hydrogen) atoms. The Kier molecular flexibility index (Phi) is 5.04. The molecular formula is C13H14BrN3OS. The van der Waals surface area contributed by atoms with E-state index in [1.807, 2.05) is 12.1 Å². The highest BCUT2D eigenvalue weighted by Crippen LogP contribution is 2.16. The van der Waals surface area contributed by atoms with Crippen LogP contribution in [0.2, 0.25) is 0 Å². The van der Waals surface area contributed by atoms with E-state index in [0.29, 0.717) is 10.7 Å².